The first-order chi connectivity index (χ1) is 14.7. The van der Waals surface area contributed by atoms with E-state index in [1.165, 1.54) is 24.3 Å². The third kappa shape index (κ3) is 4.53. The Morgan fingerprint density at radius 3 is 2.29 bits per heavy atom. The summed E-state index contributed by atoms with van der Waals surface area (Å²) in [4.78, 5) is 25.0. The molecule has 3 heterocycles. The molecule has 4 aromatic rings. The minimum atomic E-state index is -3.87. The quantitative estimate of drug-likeness (QED) is 0.496. The zero-order valence-corrected chi connectivity index (χ0v) is 17.9. The van der Waals surface area contributed by atoms with Gasteiger partial charge in [-0.1, -0.05) is 0 Å². The standard InChI is InChI=1S/C21H20N6O3S/c1-13-8-9-27-12-18(25-19(27)10-13)20(28)24-16-4-6-17(7-5-16)31(29,30)26-21-22-14(2)11-15(3)23-21/h4-12H,1-3H3,(H,24,28)(H,22,23,26). The van der Waals surface area contributed by atoms with Crippen molar-refractivity contribution in [1.82, 2.24) is 19.4 Å². The molecular formula is C21H20N6O3S. The molecule has 2 N–H and O–H groups in total. The van der Waals surface area contributed by atoms with E-state index >= 15 is 0 Å². The van der Waals surface area contributed by atoms with Gasteiger partial charge in [0.15, 0.2) is 0 Å². The topological polar surface area (TPSA) is 118 Å². The van der Waals surface area contributed by atoms with Crippen LogP contribution in [0.5, 0.6) is 0 Å². The number of imidazole rings is 1. The third-order valence-corrected chi connectivity index (χ3v) is 5.82. The Morgan fingerprint density at radius 2 is 1.61 bits per heavy atom. The Hall–Kier alpha value is -3.79. The van der Waals surface area contributed by atoms with Crippen molar-refractivity contribution < 1.29 is 13.2 Å². The molecule has 0 aliphatic heterocycles. The van der Waals surface area contributed by atoms with Gasteiger partial charge in [-0.15, -0.1) is 0 Å². The number of benzene rings is 1. The number of hydrogen-bond donors (Lipinski definition) is 2. The van der Waals surface area contributed by atoms with Crippen molar-refractivity contribution in [3.05, 3.63) is 77.5 Å². The van der Waals surface area contributed by atoms with Gasteiger partial charge in [0, 0.05) is 29.5 Å². The molecular weight excluding hydrogens is 416 g/mol. The average molecular weight is 436 g/mol. The zero-order valence-electron chi connectivity index (χ0n) is 17.1. The van der Waals surface area contributed by atoms with Crippen LogP contribution in [0.4, 0.5) is 11.6 Å². The number of aromatic nitrogens is 4. The Bertz CT molecular complexity index is 1370. The van der Waals surface area contributed by atoms with Crippen LogP contribution in [0.25, 0.3) is 5.65 Å². The Labute approximate surface area is 179 Å². The number of nitrogens with one attached hydrogen (secondary N) is 2. The van der Waals surface area contributed by atoms with Gasteiger partial charge in [0.05, 0.1) is 4.90 Å². The summed E-state index contributed by atoms with van der Waals surface area (Å²) in [6, 6.07) is 11.4. The number of fused-ring (bicyclic) bond motifs is 1. The number of anilines is 2. The highest BCUT2D eigenvalue weighted by atomic mass is 32.2. The fourth-order valence-corrected chi connectivity index (χ4v) is 4.00. The summed E-state index contributed by atoms with van der Waals surface area (Å²) in [7, 11) is -3.87. The monoisotopic (exact) mass is 436 g/mol. The summed E-state index contributed by atoms with van der Waals surface area (Å²) in [5.74, 6) is -0.379. The predicted octanol–water partition coefficient (Wildman–Crippen LogP) is 3.10. The van der Waals surface area contributed by atoms with Crippen LogP contribution in [0.15, 0.2) is 59.8 Å². The van der Waals surface area contributed by atoms with Crippen LogP contribution in [0.3, 0.4) is 0 Å². The van der Waals surface area contributed by atoms with E-state index in [4.69, 9.17) is 0 Å². The van der Waals surface area contributed by atoms with E-state index in [0.29, 0.717) is 22.7 Å². The second-order valence-electron chi connectivity index (χ2n) is 7.15. The molecule has 3 aromatic heterocycles. The molecule has 4 rings (SSSR count). The number of carbonyl (C=O) groups excluding carboxylic acids is 1. The first-order valence-corrected chi connectivity index (χ1v) is 10.9. The highest BCUT2D eigenvalue weighted by Gasteiger charge is 2.17. The molecule has 0 bridgehead atoms. The van der Waals surface area contributed by atoms with Crippen LogP contribution in [-0.2, 0) is 10.0 Å². The Balaban J connectivity index is 1.49. The summed E-state index contributed by atoms with van der Waals surface area (Å²) >= 11 is 0. The first-order valence-electron chi connectivity index (χ1n) is 9.41. The van der Waals surface area contributed by atoms with Crippen LogP contribution in [0, 0.1) is 20.8 Å². The van der Waals surface area contributed by atoms with Crippen LogP contribution < -0.4 is 10.0 Å². The van der Waals surface area contributed by atoms with E-state index in [0.717, 1.165) is 5.56 Å². The van der Waals surface area contributed by atoms with Crippen molar-refractivity contribution in [2.45, 2.75) is 25.7 Å². The average Bonchev–Trinajstić information content (AvgIpc) is 3.10. The highest BCUT2D eigenvalue weighted by molar-refractivity contribution is 7.92. The minimum absolute atomic E-state index is 0.0111. The van der Waals surface area contributed by atoms with Gasteiger partial charge >= 0.3 is 0 Å². The van der Waals surface area contributed by atoms with Crippen LogP contribution in [0.2, 0.25) is 0 Å². The molecule has 0 saturated heterocycles. The number of sulfonamides is 1. The molecule has 0 fully saturated rings. The number of hydrogen-bond acceptors (Lipinski definition) is 6. The van der Waals surface area contributed by atoms with Crippen molar-refractivity contribution in [2.24, 2.45) is 0 Å². The van der Waals surface area contributed by atoms with Gasteiger partial charge in [-0.2, -0.15) is 0 Å². The van der Waals surface area contributed by atoms with Crippen LogP contribution in [0.1, 0.15) is 27.4 Å². The van der Waals surface area contributed by atoms with E-state index in [2.05, 4.69) is 25.0 Å². The van der Waals surface area contributed by atoms with Crippen molar-refractivity contribution in [3.8, 4) is 0 Å². The fourth-order valence-electron chi connectivity index (χ4n) is 3.06. The third-order valence-electron chi connectivity index (χ3n) is 4.48. The second-order valence-corrected chi connectivity index (χ2v) is 8.84. The number of aryl methyl sites for hydroxylation is 3. The van der Waals surface area contributed by atoms with Crippen LogP contribution in [-0.4, -0.2) is 33.7 Å². The SMILES string of the molecule is Cc1ccn2cc(C(=O)Nc3ccc(S(=O)(=O)Nc4nc(C)cc(C)n4)cc3)nc2c1. The normalized spacial score (nSPS) is 11.5. The van der Waals surface area contributed by atoms with E-state index in [9.17, 15) is 13.2 Å². The van der Waals surface area contributed by atoms with Crippen molar-refractivity contribution >= 4 is 33.2 Å². The second kappa shape index (κ2) is 7.80. The molecule has 10 heteroatoms. The molecule has 9 nitrogen and oxygen atoms in total. The molecule has 31 heavy (non-hydrogen) atoms. The summed E-state index contributed by atoms with van der Waals surface area (Å²) < 4.78 is 29.4. The molecule has 0 unspecified atom stereocenters. The summed E-state index contributed by atoms with van der Waals surface area (Å²) in [6.45, 7) is 5.47. The lowest BCUT2D eigenvalue weighted by Crippen LogP contribution is -2.16. The molecule has 0 aliphatic carbocycles. The van der Waals surface area contributed by atoms with Gasteiger partial charge in [0.25, 0.3) is 15.9 Å². The highest BCUT2D eigenvalue weighted by Crippen LogP contribution is 2.18. The molecule has 1 amide bonds. The van der Waals surface area contributed by atoms with Crippen molar-refractivity contribution in [1.29, 1.82) is 0 Å². The lowest BCUT2D eigenvalue weighted by Gasteiger charge is -2.09. The molecule has 0 spiro atoms. The van der Waals surface area contributed by atoms with Gasteiger partial charge in [-0.25, -0.2) is 28.1 Å². The maximum Gasteiger partial charge on any atom is 0.275 e. The number of carbonyl (C=O) groups is 1. The Kier molecular flexibility index (Phi) is 5.15. The lowest BCUT2D eigenvalue weighted by molar-refractivity contribution is 0.102. The number of rotatable bonds is 5. The fraction of sp³-hybridized carbons (Fsp3) is 0.143. The molecule has 0 radical (unpaired) electrons. The minimum Gasteiger partial charge on any atom is -0.321 e. The van der Waals surface area contributed by atoms with Crippen LogP contribution >= 0.6 is 0 Å². The summed E-state index contributed by atoms with van der Waals surface area (Å²) in [5, 5.41) is 2.72. The van der Waals surface area contributed by atoms with Crippen molar-refractivity contribution in [2.75, 3.05) is 10.0 Å². The molecule has 1 aromatic carbocycles. The van der Waals surface area contributed by atoms with E-state index in [1.54, 1.807) is 30.5 Å². The molecule has 0 aliphatic rings. The molecule has 0 atom stereocenters. The number of pyridine rings is 1. The smallest absolute Gasteiger partial charge is 0.275 e. The number of nitrogens with zero attached hydrogens (tertiary/aromatic N) is 4. The predicted molar refractivity (Wildman–Crippen MR) is 117 cm³/mol. The maximum atomic E-state index is 12.6. The zero-order chi connectivity index (χ0) is 22.2. The largest absolute Gasteiger partial charge is 0.321 e. The van der Waals surface area contributed by atoms with Crippen molar-refractivity contribution in [3.63, 3.8) is 0 Å². The first kappa shape index (κ1) is 20.5. The van der Waals surface area contributed by atoms with Gasteiger partial charge < -0.3 is 9.72 Å². The van der Waals surface area contributed by atoms with Gasteiger partial charge in [0.1, 0.15) is 11.3 Å². The van der Waals surface area contributed by atoms with E-state index < -0.39 is 15.9 Å². The number of amides is 1. The van der Waals surface area contributed by atoms with Gasteiger partial charge in [0.2, 0.25) is 5.95 Å². The summed E-state index contributed by atoms with van der Waals surface area (Å²) in [5.41, 5.74) is 3.74. The maximum absolute atomic E-state index is 12.6. The molecule has 158 valence electrons. The van der Waals surface area contributed by atoms with Gasteiger partial charge in [-0.05, 0) is 68.8 Å². The van der Waals surface area contributed by atoms with E-state index in [1.807, 2.05) is 25.3 Å². The lowest BCUT2D eigenvalue weighted by atomic mass is 10.3. The Morgan fingerprint density at radius 1 is 0.935 bits per heavy atom. The van der Waals surface area contributed by atoms with Gasteiger partial charge in [-0.3, -0.25) is 4.79 Å². The summed E-state index contributed by atoms with van der Waals surface area (Å²) in [6.07, 6.45) is 3.47. The molecule has 0 saturated carbocycles. The van der Waals surface area contributed by atoms with E-state index in [-0.39, 0.29) is 16.5 Å².